The average Bonchev–Trinajstić information content (AvgIpc) is 3.11. The van der Waals surface area contributed by atoms with Gasteiger partial charge in [0.2, 0.25) is 5.91 Å². The molecule has 1 fully saturated rings. The molecular weight excluding hydrogens is 318 g/mol. The molecule has 4 amide bonds. The molecule has 0 spiro atoms. The fourth-order valence-electron chi connectivity index (χ4n) is 3.44. The minimum absolute atomic E-state index is 0.252. The van der Waals surface area contributed by atoms with Crippen molar-refractivity contribution in [1.82, 2.24) is 15.5 Å². The molecule has 0 unspecified atom stereocenters. The van der Waals surface area contributed by atoms with Gasteiger partial charge < -0.3 is 10.6 Å². The van der Waals surface area contributed by atoms with Gasteiger partial charge in [-0.25, -0.2) is 4.79 Å². The summed E-state index contributed by atoms with van der Waals surface area (Å²) in [6.07, 6.45) is 3.19. The molecule has 1 aromatic carbocycles. The van der Waals surface area contributed by atoms with E-state index in [4.69, 9.17) is 0 Å². The SMILES string of the molecule is CC(C)CNC(=O)CN1C(=O)N[C@](C)(c2ccc3c(c2)CCC3)C1=O. The van der Waals surface area contributed by atoms with Crippen molar-refractivity contribution in [3.8, 4) is 0 Å². The molecule has 1 aliphatic heterocycles. The van der Waals surface area contributed by atoms with Crippen molar-refractivity contribution in [2.75, 3.05) is 13.1 Å². The van der Waals surface area contributed by atoms with Crippen molar-refractivity contribution >= 4 is 17.8 Å². The minimum Gasteiger partial charge on any atom is -0.354 e. The molecule has 2 aliphatic rings. The van der Waals surface area contributed by atoms with Crippen LogP contribution in [0.1, 0.15) is 43.9 Å². The van der Waals surface area contributed by atoms with Gasteiger partial charge in [-0.2, -0.15) is 0 Å². The van der Waals surface area contributed by atoms with E-state index >= 15 is 0 Å². The summed E-state index contributed by atoms with van der Waals surface area (Å²) in [7, 11) is 0. The van der Waals surface area contributed by atoms with E-state index in [1.54, 1.807) is 6.92 Å². The lowest BCUT2D eigenvalue weighted by Gasteiger charge is -2.23. The Kier molecular flexibility index (Phi) is 4.54. The summed E-state index contributed by atoms with van der Waals surface area (Å²) < 4.78 is 0. The largest absolute Gasteiger partial charge is 0.354 e. The lowest BCUT2D eigenvalue weighted by molar-refractivity contribution is -0.134. The van der Waals surface area contributed by atoms with Crippen LogP contribution in [-0.2, 0) is 28.0 Å². The van der Waals surface area contributed by atoms with Crippen LogP contribution in [0.4, 0.5) is 4.79 Å². The molecule has 0 saturated carbocycles. The molecule has 0 aromatic heterocycles. The molecule has 1 atom stereocenters. The van der Waals surface area contributed by atoms with Gasteiger partial charge in [-0.15, -0.1) is 0 Å². The third kappa shape index (κ3) is 3.25. The number of nitrogens with zero attached hydrogens (tertiary/aromatic N) is 1. The van der Waals surface area contributed by atoms with Crippen molar-refractivity contribution < 1.29 is 14.4 Å². The van der Waals surface area contributed by atoms with Crippen LogP contribution >= 0.6 is 0 Å². The summed E-state index contributed by atoms with van der Waals surface area (Å²) in [5.74, 6) is -0.394. The van der Waals surface area contributed by atoms with Crippen molar-refractivity contribution in [2.45, 2.75) is 45.6 Å². The number of benzene rings is 1. The van der Waals surface area contributed by atoms with E-state index in [0.29, 0.717) is 12.5 Å². The predicted octanol–water partition coefficient (Wildman–Crippen LogP) is 1.71. The predicted molar refractivity (Wildman–Crippen MR) is 93.9 cm³/mol. The summed E-state index contributed by atoms with van der Waals surface area (Å²) in [6, 6.07) is 5.45. The first kappa shape index (κ1) is 17.5. The van der Waals surface area contributed by atoms with Crippen LogP contribution in [-0.4, -0.2) is 35.8 Å². The molecule has 1 heterocycles. The number of carbonyl (C=O) groups excluding carboxylic acids is 3. The van der Waals surface area contributed by atoms with Crippen LogP contribution in [0.3, 0.4) is 0 Å². The van der Waals surface area contributed by atoms with Gasteiger partial charge >= 0.3 is 6.03 Å². The standard InChI is InChI=1S/C19H25N3O3/c1-12(2)10-20-16(23)11-22-17(24)19(3,21-18(22)25)15-8-7-13-5-4-6-14(13)9-15/h7-9,12H,4-6,10-11H2,1-3H3,(H,20,23)(H,21,25)/t19-/m1/s1. The monoisotopic (exact) mass is 343 g/mol. The van der Waals surface area contributed by atoms with Crippen molar-refractivity contribution in [1.29, 1.82) is 0 Å². The van der Waals surface area contributed by atoms with E-state index in [9.17, 15) is 14.4 Å². The minimum atomic E-state index is -1.12. The van der Waals surface area contributed by atoms with Gasteiger partial charge in [0.25, 0.3) is 5.91 Å². The number of hydrogen-bond donors (Lipinski definition) is 2. The van der Waals surface area contributed by atoms with Crippen molar-refractivity contribution in [3.05, 3.63) is 34.9 Å². The van der Waals surface area contributed by atoms with Crippen molar-refractivity contribution in [2.24, 2.45) is 5.92 Å². The van der Waals surface area contributed by atoms with Gasteiger partial charge in [0, 0.05) is 6.54 Å². The number of hydrogen-bond acceptors (Lipinski definition) is 3. The van der Waals surface area contributed by atoms with E-state index in [0.717, 1.165) is 29.7 Å². The molecule has 6 nitrogen and oxygen atoms in total. The topological polar surface area (TPSA) is 78.5 Å². The Hall–Kier alpha value is -2.37. The molecule has 1 aromatic rings. The Bertz CT molecular complexity index is 729. The smallest absolute Gasteiger partial charge is 0.325 e. The molecule has 3 rings (SSSR count). The summed E-state index contributed by atoms with van der Waals surface area (Å²) in [6.45, 7) is 5.94. The van der Waals surface area contributed by atoms with Gasteiger partial charge in [-0.1, -0.05) is 32.0 Å². The van der Waals surface area contributed by atoms with Gasteiger partial charge in [0.05, 0.1) is 0 Å². The fourth-order valence-corrected chi connectivity index (χ4v) is 3.44. The Balaban J connectivity index is 1.77. The number of fused-ring (bicyclic) bond motifs is 1. The normalized spacial score (nSPS) is 22.3. The quantitative estimate of drug-likeness (QED) is 0.799. The first-order valence-corrected chi connectivity index (χ1v) is 8.84. The first-order valence-electron chi connectivity index (χ1n) is 8.84. The second-order valence-corrected chi connectivity index (χ2v) is 7.48. The highest BCUT2D eigenvalue weighted by molar-refractivity contribution is 6.09. The van der Waals surface area contributed by atoms with Gasteiger partial charge in [0.15, 0.2) is 0 Å². The highest BCUT2D eigenvalue weighted by Gasteiger charge is 2.49. The summed E-state index contributed by atoms with van der Waals surface area (Å²) in [5.41, 5.74) is 2.21. The Morgan fingerprint density at radius 1 is 1.28 bits per heavy atom. The van der Waals surface area contributed by atoms with Gasteiger partial charge in [0.1, 0.15) is 12.1 Å². The maximum atomic E-state index is 12.9. The van der Waals surface area contributed by atoms with Gasteiger partial charge in [-0.05, 0) is 48.8 Å². The van der Waals surface area contributed by atoms with Crippen LogP contribution in [0.5, 0.6) is 0 Å². The summed E-state index contributed by atoms with van der Waals surface area (Å²) in [5, 5.41) is 5.50. The van der Waals surface area contributed by atoms with E-state index < -0.39 is 11.6 Å². The number of imide groups is 1. The molecule has 6 heteroatoms. The molecular formula is C19H25N3O3. The van der Waals surface area contributed by atoms with Crippen molar-refractivity contribution in [3.63, 3.8) is 0 Å². The Labute approximate surface area is 148 Å². The zero-order valence-electron chi connectivity index (χ0n) is 15.0. The Morgan fingerprint density at radius 3 is 2.72 bits per heavy atom. The third-order valence-electron chi connectivity index (χ3n) is 4.96. The van der Waals surface area contributed by atoms with Crippen LogP contribution in [0, 0.1) is 5.92 Å². The van der Waals surface area contributed by atoms with E-state index in [1.807, 2.05) is 32.0 Å². The second-order valence-electron chi connectivity index (χ2n) is 7.48. The molecule has 0 radical (unpaired) electrons. The molecule has 1 aliphatic carbocycles. The highest BCUT2D eigenvalue weighted by Crippen LogP contribution is 2.32. The van der Waals surface area contributed by atoms with Crippen LogP contribution < -0.4 is 10.6 Å². The lowest BCUT2D eigenvalue weighted by Crippen LogP contribution is -2.43. The lowest BCUT2D eigenvalue weighted by atomic mass is 9.89. The number of urea groups is 1. The Morgan fingerprint density at radius 2 is 2.00 bits per heavy atom. The maximum Gasteiger partial charge on any atom is 0.325 e. The molecule has 1 saturated heterocycles. The van der Waals surface area contributed by atoms with E-state index in [2.05, 4.69) is 10.6 Å². The highest BCUT2D eigenvalue weighted by atomic mass is 16.2. The number of rotatable bonds is 5. The number of nitrogens with one attached hydrogen (secondary N) is 2. The zero-order chi connectivity index (χ0) is 18.2. The first-order chi connectivity index (χ1) is 11.8. The summed E-state index contributed by atoms with van der Waals surface area (Å²) >= 11 is 0. The third-order valence-corrected chi connectivity index (χ3v) is 4.96. The van der Waals surface area contributed by atoms with Crippen LogP contribution in [0.25, 0.3) is 0 Å². The van der Waals surface area contributed by atoms with E-state index in [1.165, 1.54) is 11.1 Å². The maximum absolute atomic E-state index is 12.9. The van der Waals surface area contributed by atoms with E-state index in [-0.39, 0.29) is 18.4 Å². The second kappa shape index (κ2) is 6.50. The van der Waals surface area contributed by atoms with Gasteiger partial charge in [-0.3, -0.25) is 14.5 Å². The number of carbonyl (C=O) groups is 3. The zero-order valence-corrected chi connectivity index (χ0v) is 15.0. The number of amides is 4. The summed E-state index contributed by atoms with van der Waals surface area (Å²) in [4.78, 5) is 38.2. The molecule has 25 heavy (non-hydrogen) atoms. The molecule has 0 bridgehead atoms. The molecule has 134 valence electrons. The van der Waals surface area contributed by atoms with Crippen LogP contribution in [0.2, 0.25) is 0 Å². The fraction of sp³-hybridized carbons (Fsp3) is 0.526. The average molecular weight is 343 g/mol. The number of aryl methyl sites for hydroxylation is 2. The molecule has 2 N–H and O–H groups in total. The van der Waals surface area contributed by atoms with Crippen LogP contribution in [0.15, 0.2) is 18.2 Å².